The smallest absolute Gasteiger partial charge is 0.246 e. The number of hydrogen-bond acceptors (Lipinski definition) is 5. The van der Waals surface area contributed by atoms with Gasteiger partial charge in [-0.15, -0.1) is 24.0 Å². The zero-order valence-electron chi connectivity index (χ0n) is 15.9. The minimum atomic E-state index is -3.01. The molecule has 0 spiro atoms. The number of aliphatic imine (C=N–C) groups is 1. The van der Waals surface area contributed by atoms with Crippen LogP contribution >= 0.6 is 24.0 Å². The first-order valence-corrected chi connectivity index (χ1v) is 10.7. The third-order valence-corrected chi connectivity index (χ3v) is 6.02. The fraction of sp³-hybridized carbons (Fsp3) is 0.688. The number of anilines is 1. The molecule has 1 saturated heterocycles. The van der Waals surface area contributed by atoms with Gasteiger partial charge in [-0.3, -0.25) is 14.5 Å². The molecule has 1 aliphatic carbocycles. The van der Waals surface area contributed by atoms with E-state index in [0.29, 0.717) is 25.6 Å². The Morgan fingerprint density at radius 1 is 1.37 bits per heavy atom. The summed E-state index contributed by atoms with van der Waals surface area (Å²) in [5.74, 6) is 0.825. The number of carbonyl (C=O) groups excluding carboxylic acids is 1. The lowest BCUT2D eigenvalue weighted by atomic mass is 10.1. The van der Waals surface area contributed by atoms with Gasteiger partial charge in [0.15, 0.2) is 5.96 Å². The third-order valence-electron chi connectivity index (χ3n) is 4.88. The zero-order chi connectivity index (χ0) is 18.9. The molecule has 1 aromatic rings. The van der Waals surface area contributed by atoms with E-state index in [-0.39, 0.29) is 47.6 Å². The maximum Gasteiger partial charge on any atom is 0.246 e. The largest absolute Gasteiger partial charge is 0.356 e. The lowest BCUT2D eigenvalue weighted by molar-refractivity contribution is -0.120. The van der Waals surface area contributed by atoms with Crippen LogP contribution in [0.3, 0.4) is 0 Å². The number of aromatic nitrogens is 2. The minimum absolute atomic E-state index is 0. The van der Waals surface area contributed by atoms with Crippen molar-refractivity contribution in [1.82, 2.24) is 20.0 Å². The molecule has 9 nitrogen and oxygen atoms in total. The topological polar surface area (TPSA) is 99.9 Å². The number of aryl methyl sites for hydroxylation is 1. The Bertz CT molecular complexity index is 818. The Balaban J connectivity index is 0.00000261. The summed E-state index contributed by atoms with van der Waals surface area (Å²) in [4.78, 5) is 20.4. The molecule has 3 rings (SSSR count). The summed E-state index contributed by atoms with van der Waals surface area (Å²) in [6, 6.07) is 0. The molecule has 1 aromatic heterocycles. The van der Waals surface area contributed by atoms with E-state index >= 15 is 0 Å². The van der Waals surface area contributed by atoms with Gasteiger partial charge in [-0.1, -0.05) is 0 Å². The van der Waals surface area contributed by atoms with Crippen molar-refractivity contribution < 1.29 is 13.2 Å². The van der Waals surface area contributed by atoms with Gasteiger partial charge in [0.05, 0.1) is 17.6 Å². The molecule has 27 heavy (non-hydrogen) atoms. The van der Waals surface area contributed by atoms with Crippen LogP contribution in [0.5, 0.6) is 0 Å². The average molecular weight is 510 g/mol. The Morgan fingerprint density at radius 3 is 2.56 bits per heavy atom. The van der Waals surface area contributed by atoms with Crippen LogP contribution in [0.1, 0.15) is 12.8 Å². The van der Waals surface area contributed by atoms with Crippen molar-refractivity contribution in [3.05, 3.63) is 12.4 Å². The maximum absolute atomic E-state index is 12.5. The zero-order valence-corrected chi connectivity index (χ0v) is 19.0. The third kappa shape index (κ3) is 5.56. The number of nitrogens with zero attached hydrogens (tertiary/aromatic N) is 5. The molecule has 0 radical (unpaired) electrons. The van der Waals surface area contributed by atoms with Crippen molar-refractivity contribution in [3.8, 4) is 0 Å². The number of carbonyl (C=O) groups is 1. The Hall–Kier alpha value is -1.37. The monoisotopic (exact) mass is 510 g/mol. The van der Waals surface area contributed by atoms with Crippen molar-refractivity contribution in [2.45, 2.75) is 12.8 Å². The summed E-state index contributed by atoms with van der Waals surface area (Å²) < 4.78 is 24.9. The van der Waals surface area contributed by atoms with Crippen LogP contribution in [0, 0.1) is 5.41 Å². The second-order valence-corrected chi connectivity index (χ2v) is 9.45. The van der Waals surface area contributed by atoms with Crippen molar-refractivity contribution >= 4 is 51.4 Å². The van der Waals surface area contributed by atoms with Gasteiger partial charge >= 0.3 is 0 Å². The molecule has 11 heteroatoms. The fourth-order valence-electron chi connectivity index (χ4n) is 3.38. The molecule has 2 heterocycles. The number of guanidine groups is 1. The van der Waals surface area contributed by atoms with Gasteiger partial charge in [-0.25, -0.2) is 8.42 Å². The SMILES string of the molecule is CN=C(NCC1(CS(C)(=O)=O)CC1)N1CCN(c2cnn(C)c2)C(=O)C1.I. The number of hydrogen-bond donors (Lipinski definition) is 1. The van der Waals surface area contributed by atoms with Crippen LogP contribution in [-0.2, 0) is 21.7 Å². The first kappa shape index (κ1) is 21.9. The average Bonchev–Trinajstić information content (AvgIpc) is 3.16. The van der Waals surface area contributed by atoms with Crippen molar-refractivity contribution in [2.75, 3.05) is 50.1 Å². The predicted molar refractivity (Wildman–Crippen MR) is 115 cm³/mol. The van der Waals surface area contributed by atoms with E-state index in [2.05, 4.69) is 15.4 Å². The highest BCUT2D eigenvalue weighted by molar-refractivity contribution is 14.0. The van der Waals surface area contributed by atoms with Crippen LogP contribution in [0.2, 0.25) is 0 Å². The Kier molecular flexibility index (Phi) is 6.77. The lowest BCUT2D eigenvalue weighted by Gasteiger charge is -2.35. The molecule has 1 amide bonds. The highest BCUT2D eigenvalue weighted by atomic mass is 127. The van der Waals surface area contributed by atoms with Gasteiger partial charge < -0.3 is 15.1 Å². The summed E-state index contributed by atoms with van der Waals surface area (Å²) in [7, 11) is 0.491. The highest BCUT2D eigenvalue weighted by Gasteiger charge is 2.45. The summed E-state index contributed by atoms with van der Waals surface area (Å²) in [5.41, 5.74) is 0.607. The molecule has 0 aromatic carbocycles. The molecule has 0 unspecified atom stereocenters. The fourth-order valence-corrected chi connectivity index (χ4v) is 4.88. The van der Waals surface area contributed by atoms with Crippen molar-refractivity contribution in [1.29, 1.82) is 0 Å². The van der Waals surface area contributed by atoms with Gasteiger partial charge in [0.25, 0.3) is 0 Å². The number of rotatable bonds is 5. The number of halogens is 1. The summed E-state index contributed by atoms with van der Waals surface area (Å²) >= 11 is 0. The molecule has 1 N–H and O–H groups in total. The minimum Gasteiger partial charge on any atom is -0.356 e. The van der Waals surface area contributed by atoms with Crippen LogP contribution in [-0.4, -0.2) is 80.2 Å². The van der Waals surface area contributed by atoms with Gasteiger partial charge in [-0.2, -0.15) is 5.10 Å². The van der Waals surface area contributed by atoms with Crippen molar-refractivity contribution in [3.63, 3.8) is 0 Å². The van der Waals surface area contributed by atoms with E-state index in [1.54, 1.807) is 22.8 Å². The van der Waals surface area contributed by atoms with E-state index in [1.807, 2.05) is 18.1 Å². The second kappa shape index (κ2) is 8.33. The highest BCUT2D eigenvalue weighted by Crippen LogP contribution is 2.46. The quantitative estimate of drug-likeness (QED) is 0.343. The van der Waals surface area contributed by atoms with E-state index in [1.165, 1.54) is 6.26 Å². The molecule has 1 saturated carbocycles. The molecule has 0 bridgehead atoms. The van der Waals surface area contributed by atoms with Gasteiger partial charge in [0.1, 0.15) is 16.4 Å². The molecule has 152 valence electrons. The lowest BCUT2D eigenvalue weighted by Crippen LogP contribution is -2.56. The van der Waals surface area contributed by atoms with Crippen LogP contribution in [0.4, 0.5) is 5.69 Å². The normalized spacial score (nSPS) is 19.7. The number of nitrogens with one attached hydrogen (secondary N) is 1. The van der Waals surface area contributed by atoms with Gasteiger partial charge in [-0.05, 0) is 12.8 Å². The van der Waals surface area contributed by atoms with Gasteiger partial charge in [0, 0.05) is 51.6 Å². The number of amides is 1. The maximum atomic E-state index is 12.5. The summed E-state index contributed by atoms with van der Waals surface area (Å²) in [6.07, 6.45) is 6.58. The van der Waals surface area contributed by atoms with Gasteiger partial charge in [0.2, 0.25) is 5.91 Å². The van der Waals surface area contributed by atoms with E-state index in [9.17, 15) is 13.2 Å². The second-order valence-electron chi connectivity index (χ2n) is 7.31. The molecule has 0 atom stereocenters. The van der Waals surface area contributed by atoms with E-state index in [0.717, 1.165) is 18.5 Å². The van der Waals surface area contributed by atoms with E-state index < -0.39 is 9.84 Å². The van der Waals surface area contributed by atoms with Crippen LogP contribution < -0.4 is 10.2 Å². The van der Waals surface area contributed by atoms with E-state index in [4.69, 9.17) is 0 Å². The first-order valence-electron chi connectivity index (χ1n) is 8.64. The molecule has 2 aliphatic rings. The van der Waals surface area contributed by atoms with Crippen LogP contribution in [0.25, 0.3) is 0 Å². The predicted octanol–water partition coefficient (Wildman–Crippen LogP) is 0.0869. The van der Waals surface area contributed by atoms with Crippen LogP contribution in [0.15, 0.2) is 17.4 Å². The van der Waals surface area contributed by atoms with Crippen molar-refractivity contribution in [2.24, 2.45) is 17.5 Å². The molecule has 1 aliphatic heterocycles. The molecular weight excluding hydrogens is 483 g/mol. The number of sulfone groups is 1. The summed E-state index contributed by atoms with van der Waals surface area (Å²) in [6.45, 7) is 2.00. The first-order chi connectivity index (χ1) is 12.2. The standard InChI is InChI=1S/C16H26N6O3S.HI/c1-17-15(18-11-16(4-5-16)12-26(3,24)25)21-6-7-22(14(23)10-21)13-8-19-20(2)9-13;/h8-9H,4-7,10-12H2,1-3H3,(H,17,18);1H. The molecule has 2 fully saturated rings. The summed E-state index contributed by atoms with van der Waals surface area (Å²) in [5, 5.41) is 7.38. The number of piperazine rings is 1. The Labute approximate surface area is 177 Å². The molecular formula is C16H27IN6O3S. The Morgan fingerprint density at radius 2 is 2.07 bits per heavy atom.